The summed E-state index contributed by atoms with van der Waals surface area (Å²) < 4.78 is 17.2. The summed E-state index contributed by atoms with van der Waals surface area (Å²) in [5.74, 6) is 4.35. The lowest BCUT2D eigenvalue weighted by atomic mass is 10.1. The Hall–Kier alpha value is -1.30. The van der Waals surface area contributed by atoms with Crippen molar-refractivity contribution in [1.29, 1.82) is 0 Å². The first kappa shape index (κ1) is 17.8. The van der Waals surface area contributed by atoms with Crippen molar-refractivity contribution in [3.05, 3.63) is 23.8 Å². The molecule has 0 amide bonds. The Morgan fingerprint density at radius 3 is 2.70 bits per heavy atom. The van der Waals surface area contributed by atoms with Crippen molar-refractivity contribution in [3.63, 3.8) is 0 Å². The van der Waals surface area contributed by atoms with Crippen molar-refractivity contribution >= 4 is 0 Å². The molecule has 1 saturated carbocycles. The number of ether oxygens (including phenoxy) is 3. The maximum Gasteiger partial charge on any atom is 0.231 e. The third-order valence-electron chi connectivity index (χ3n) is 6.84. The van der Waals surface area contributed by atoms with Gasteiger partial charge in [-0.2, -0.15) is 0 Å². The molecule has 1 aromatic rings. The van der Waals surface area contributed by atoms with E-state index in [9.17, 15) is 0 Å². The fraction of sp³-hybridized carbons (Fsp3) is 0.727. The molecule has 4 aliphatic rings. The van der Waals surface area contributed by atoms with Gasteiger partial charge in [0.15, 0.2) is 11.5 Å². The van der Waals surface area contributed by atoms with Gasteiger partial charge in [-0.1, -0.05) is 18.6 Å². The monoisotopic (exact) mass is 372 g/mol. The van der Waals surface area contributed by atoms with Crippen LogP contribution < -0.4 is 9.47 Å². The van der Waals surface area contributed by atoms with Crippen LogP contribution in [0.2, 0.25) is 0 Å². The van der Waals surface area contributed by atoms with E-state index in [-0.39, 0.29) is 0 Å². The second-order valence-electron chi connectivity index (χ2n) is 8.67. The standard InChI is InChI=1S/C22H32N2O3/c1-2-8-23(9-3-1)10-5-11-25-15-20-18-13-24(14-19(18)20)12-17-6-4-7-21-22(17)27-16-26-21/h4,6-7,18-20H,1-3,5,8-16H2/t18-,19+,20?. The zero-order valence-electron chi connectivity index (χ0n) is 16.3. The van der Waals surface area contributed by atoms with Crippen LogP contribution >= 0.6 is 0 Å². The first-order valence-electron chi connectivity index (χ1n) is 10.8. The molecular weight excluding hydrogens is 340 g/mol. The molecule has 0 radical (unpaired) electrons. The van der Waals surface area contributed by atoms with Gasteiger partial charge in [-0.15, -0.1) is 0 Å². The Balaban J connectivity index is 0.990. The van der Waals surface area contributed by atoms with E-state index in [0.717, 1.165) is 49.0 Å². The van der Waals surface area contributed by atoms with E-state index in [4.69, 9.17) is 14.2 Å². The van der Waals surface area contributed by atoms with Crippen LogP contribution in [-0.4, -0.2) is 62.5 Å². The average Bonchev–Trinajstić information content (AvgIpc) is 3.08. The number of nitrogens with zero attached hydrogens (tertiary/aromatic N) is 2. The van der Waals surface area contributed by atoms with Gasteiger partial charge < -0.3 is 19.1 Å². The summed E-state index contributed by atoms with van der Waals surface area (Å²) in [7, 11) is 0. The highest BCUT2D eigenvalue weighted by Gasteiger charge is 2.55. The first-order valence-corrected chi connectivity index (χ1v) is 10.8. The zero-order valence-corrected chi connectivity index (χ0v) is 16.3. The first-order chi connectivity index (χ1) is 13.4. The molecule has 0 aromatic heterocycles. The van der Waals surface area contributed by atoms with E-state index in [1.165, 1.54) is 64.0 Å². The quantitative estimate of drug-likeness (QED) is 0.656. The van der Waals surface area contributed by atoms with Gasteiger partial charge >= 0.3 is 0 Å². The second kappa shape index (κ2) is 7.98. The normalized spacial score (nSPS) is 29.9. The maximum absolute atomic E-state index is 6.02. The Morgan fingerprint density at radius 2 is 1.85 bits per heavy atom. The van der Waals surface area contributed by atoms with E-state index >= 15 is 0 Å². The van der Waals surface area contributed by atoms with Crippen LogP contribution in [0.1, 0.15) is 31.2 Å². The molecule has 5 nitrogen and oxygen atoms in total. The SMILES string of the molecule is c1cc(CN2C[C@@H]3C(COCCCN4CCCCC4)[C@@H]3C2)c2c(c1)OCO2. The van der Waals surface area contributed by atoms with E-state index in [2.05, 4.69) is 21.9 Å². The molecule has 3 fully saturated rings. The Labute approximate surface area is 162 Å². The molecule has 2 saturated heterocycles. The minimum atomic E-state index is 0.356. The highest BCUT2D eigenvalue weighted by Crippen LogP contribution is 2.52. The van der Waals surface area contributed by atoms with Gasteiger partial charge in [0, 0.05) is 38.3 Å². The lowest BCUT2D eigenvalue weighted by molar-refractivity contribution is 0.0966. The summed E-state index contributed by atoms with van der Waals surface area (Å²) >= 11 is 0. The Kier molecular flexibility index (Phi) is 5.25. The van der Waals surface area contributed by atoms with Crippen LogP contribution in [0.3, 0.4) is 0 Å². The summed E-state index contributed by atoms with van der Waals surface area (Å²) in [4.78, 5) is 5.17. The summed E-state index contributed by atoms with van der Waals surface area (Å²) in [6.45, 7) is 9.46. The number of rotatable bonds is 8. The van der Waals surface area contributed by atoms with Gasteiger partial charge in [-0.25, -0.2) is 0 Å². The number of likely N-dealkylation sites (tertiary alicyclic amines) is 2. The van der Waals surface area contributed by atoms with E-state index in [1.807, 2.05) is 6.07 Å². The number of fused-ring (bicyclic) bond motifs is 2. The van der Waals surface area contributed by atoms with E-state index in [0.29, 0.717) is 6.79 Å². The minimum Gasteiger partial charge on any atom is -0.454 e. The van der Waals surface area contributed by atoms with Crippen LogP contribution in [0.15, 0.2) is 18.2 Å². The largest absolute Gasteiger partial charge is 0.454 e. The van der Waals surface area contributed by atoms with Crippen LogP contribution in [0, 0.1) is 17.8 Å². The van der Waals surface area contributed by atoms with Gasteiger partial charge in [0.25, 0.3) is 0 Å². The third-order valence-corrected chi connectivity index (χ3v) is 6.84. The van der Waals surface area contributed by atoms with E-state index < -0.39 is 0 Å². The lowest BCUT2D eigenvalue weighted by Crippen LogP contribution is -2.31. The number of hydrogen-bond donors (Lipinski definition) is 0. The van der Waals surface area contributed by atoms with Gasteiger partial charge in [0.1, 0.15) is 0 Å². The molecule has 0 bridgehead atoms. The van der Waals surface area contributed by atoms with Crippen LogP contribution in [0.4, 0.5) is 0 Å². The molecule has 1 aliphatic carbocycles. The third kappa shape index (κ3) is 3.96. The predicted molar refractivity (Wildman–Crippen MR) is 104 cm³/mol. The van der Waals surface area contributed by atoms with Crippen LogP contribution in [0.25, 0.3) is 0 Å². The Bertz CT molecular complexity index is 634. The highest BCUT2D eigenvalue weighted by molar-refractivity contribution is 5.48. The maximum atomic E-state index is 6.02. The summed E-state index contributed by atoms with van der Waals surface area (Å²) in [5, 5.41) is 0. The number of benzene rings is 1. The molecule has 3 aliphatic heterocycles. The van der Waals surface area contributed by atoms with Crippen LogP contribution in [-0.2, 0) is 11.3 Å². The molecule has 3 heterocycles. The van der Waals surface area contributed by atoms with Gasteiger partial charge in [-0.05, 0) is 56.2 Å². The predicted octanol–water partition coefficient (Wildman–Crippen LogP) is 2.99. The minimum absolute atomic E-state index is 0.356. The zero-order chi connectivity index (χ0) is 18.1. The highest BCUT2D eigenvalue weighted by atomic mass is 16.7. The number of hydrogen-bond acceptors (Lipinski definition) is 5. The number of piperidine rings is 2. The van der Waals surface area contributed by atoms with Crippen molar-refractivity contribution < 1.29 is 14.2 Å². The van der Waals surface area contributed by atoms with Crippen molar-refractivity contribution in [1.82, 2.24) is 9.80 Å². The van der Waals surface area contributed by atoms with E-state index in [1.54, 1.807) is 0 Å². The summed E-state index contributed by atoms with van der Waals surface area (Å²) in [5.41, 5.74) is 1.26. The van der Waals surface area contributed by atoms with Crippen molar-refractivity contribution in [2.45, 2.75) is 32.2 Å². The van der Waals surface area contributed by atoms with Crippen molar-refractivity contribution in [2.24, 2.45) is 17.8 Å². The fourth-order valence-corrected chi connectivity index (χ4v) is 5.26. The second-order valence-corrected chi connectivity index (χ2v) is 8.67. The molecule has 0 N–H and O–H groups in total. The molecule has 3 atom stereocenters. The smallest absolute Gasteiger partial charge is 0.231 e. The summed E-state index contributed by atoms with van der Waals surface area (Å²) in [6, 6.07) is 6.23. The molecule has 1 unspecified atom stereocenters. The van der Waals surface area contributed by atoms with Gasteiger partial charge in [0.2, 0.25) is 6.79 Å². The number of para-hydroxylation sites is 1. The molecule has 5 heteroatoms. The molecular formula is C22H32N2O3. The molecule has 27 heavy (non-hydrogen) atoms. The van der Waals surface area contributed by atoms with Gasteiger partial charge in [-0.3, -0.25) is 4.90 Å². The average molecular weight is 373 g/mol. The van der Waals surface area contributed by atoms with Crippen molar-refractivity contribution in [3.8, 4) is 11.5 Å². The molecule has 148 valence electrons. The van der Waals surface area contributed by atoms with Gasteiger partial charge in [0.05, 0.1) is 6.61 Å². The fourth-order valence-electron chi connectivity index (χ4n) is 5.26. The van der Waals surface area contributed by atoms with Crippen LogP contribution in [0.5, 0.6) is 11.5 Å². The Morgan fingerprint density at radius 1 is 1.00 bits per heavy atom. The molecule has 1 aromatic carbocycles. The molecule has 0 spiro atoms. The lowest BCUT2D eigenvalue weighted by Gasteiger charge is -2.26. The molecule has 5 rings (SSSR count). The topological polar surface area (TPSA) is 34.2 Å². The summed E-state index contributed by atoms with van der Waals surface area (Å²) in [6.07, 6.45) is 5.37. The van der Waals surface area contributed by atoms with Crippen molar-refractivity contribution in [2.75, 3.05) is 52.7 Å².